The van der Waals surface area contributed by atoms with Crippen molar-refractivity contribution in [3.05, 3.63) is 34.2 Å². The molecule has 1 atom stereocenters. The van der Waals surface area contributed by atoms with Crippen LogP contribution in [0.25, 0.3) is 10.1 Å². The highest BCUT2D eigenvalue weighted by Gasteiger charge is 2.18. The van der Waals surface area contributed by atoms with E-state index in [1.807, 2.05) is 32.0 Å². The molecule has 1 N–H and O–H groups in total. The summed E-state index contributed by atoms with van der Waals surface area (Å²) in [4.78, 5) is 14.1. The molecule has 2 rings (SSSR count). The minimum atomic E-state index is -0.765. The maximum atomic E-state index is 10.8. The van der Waals surface area contributed by atoms with Gasteiger partial charge in [-0.1, -0.05) is 36.7 Å². The number of fused-ring (bicyclic) bond motifs is 1. The van der Waals surface area contributed by atoms with Crippen molar-refractivity contribution in [1.29, 1.82) is 0 Å². The maximum Gasteiger partial charge on any atom is 0.304 e. The molecule has 20 heavy (non-hydrogen) atoms. The fraction of sp³-hybridized carbons (Fsp3) is 0.400. The lowest BCUT2D eigenvalue weighted by Crippen LogP contribution is -2.33. The second-order valence-electron chi connectivity index (χ2n) is 4.85. The standard InChI is InChI=1S/C15H18ClNO2S/c1-3-17(10(2)8-14(18)19)9-13-15(16)11-6-4-5-7-12(11)20-13/h4-7,10H,3,8-9H2,1-2H3,(H,18,19). The van der Waals surface area contributed by atoms with E-state index >= 15 is 0 Å². The number of rotatable bonds is 6. The second kappa shape index (κ2) is 6.57. The Morgan fingerprint density at radius 1 is 1.45 bits per heavy atom. The molecule has 0 saturated carbocycles. The summed E-state index contributed by atoms with van der Waals surface area (Å²) in [5.74, 6) is -0.765. The molecule has 0 amide bonds. The number of halogens is 1. The minimum absolute atomic E-state index is 0.00113. The van der Waals surface area contributed by atoms with Crippen LogP contribution in [0.15, 0.2) is 24.3 Å². The van der Waals surface area contributed by atoms with E-state index < -0.39 is 5.97 Å². The van der Waals surface area contributed by atoms with Gasteiger partial charge >= 0.3 is 5.97 Å². The smallest absolute Gasteiger partial charge is 0.304 e. The van der Waals surface area contributed by atoms with Gasteiger partial charge < -0.3 is 5.11 Å². The fourth-order valence-corrected chi connectivity index (χ4v) is 3.83. The summed E-state index contributed by atoms with van der Waals surface area (Å²) in [7, 11) is 0. The molecule has 0 saturated heterocycles. The Morgan fingerprint density at radius 2 is 2.15 bits per heavy atom. The predicted molar refractivity (Wildman–Crippen MR) is 84.6 cm³/mol. The molecule has 0 radical (unpaired) electrons. The molecule has 0 aliphatic rings. The van der Waals surface area contributed by atoms with Crippen LogP contribution in [0.3, 0.4) is 0 Å². The normalized spacial score (nSPS) is 13.0. The Balaban J connectivity index is 2.21. The summed E-state index contributed by atoms with van der Waals surface area (Å²) < 4.78 is 1.18. The van der Waals surface area contributed by atoms with Crippen LogP contribution in [0.5, 0.6) is 0 Å². The van der Waals surface area contributed by atoms with Gasteiger partial charge in [-0.2, -0.15) is 0 Å². The van der Waals surface area contributed by atoms with E-state index in [1.165, 1.54) is 4.70 Å². The molecule has 2 aromatic rings. The number of hydrogen-bond donors (Lipinski definition) is 1. The summed E-state index contributed by atoms with van der Waals surface area (Å²) in [6, 6.07) is 8.07. The van der Waals surface area contributed by atoms with Crippen LogP contribution in [-0.2, 0) is 11.3 Å². The zero-order valence-electron chi connectivity index (χ0n) is 11.6. The molecule has 108 valence electrons. The third-order valence-corrected chi connectivity index (χ3v) is 5.15. The van der Waals surface area contributed by atoms with Crippen LogP contribution in [0.4, 0.5) is 0 Å². The van der Waals surface area contributed by atoms with Crippen molar-refractivity contribution in [3.8, 4) is 0 Å². The van der Waals surface area contributed by atoms with E-state index in [0.717, 1.165) is 21.8 Å². The lowest BCUT2D eigenvalue weighted by molar-refractivity contribution is -0.138. The summed E-state index contributed by atoms with van der Waals surface area (Å²) in [6.07, 6.45) is 0.149. The Labute approximate surface area is 127 Å². The van der Waals surface area contributed by atoms with E-state index in [0.29, 0.717) is 6.54 Å². The molecule has 5 heteroatoms. The highest BCUT2D eigenvalue weighted by Crippen LogP contribution is 2.36. The maximum absolute atomic E-state index is 10.8. The molecule has 1 aromatic heterocycles. The van der Waals surface area contributed by atoms with E-state index in [4.69, 9.17) is 16.7 Å². The van der Waals surface area contributed by atoms with E-state index in [-0.39, 0.29) is 12.5 Å². The number of benzene rings is 1. The van der Waals surface area contributed by atoms with E-state index in [1.54, 1.807) is 11.3 Å². The van der Waals surface area contributed by atoms with Crippen molar-refractivity contribution < 1.29 is 9.90 Å². The zero-order chi connectivity index (χ0) is 14.7. The highest BCUT2D eigenvalue weighted by atomic mass is 35.5. The zero-order valence-corrected chi connectivity index (χ0v) is 13.2. The molecule has 0 bridgehead atoms. The number of aliphatic carboxylic acids is 1. The topological polar surface area (TPSA) is 40.5 Å². The lowest BCUT2D eigenvalue weighted by atomic mass is 10.2. The average molecular weight is 312 g/mol. The second-order valence-corrected chi connectivity index (χ2v) is 6.36. The van der Waals surface area contributed by atoms with Crippen LogP contribution in [-0.4, -0.2) is 28.6 Å². The van der Waals surface area contributed by atoms with Crippen molar-refractivity contribution in [2.24, 2.45) is 0 Å². The molecule has 1 aromatic carbocycles. The van der Waals surface area contributed by atoms with Gasteiger partial charge in [-0.15, -0.1) is 11.3 Å². The molecule has 0 aliphatic carbocycles. The predicted octanol–water partition coefficient (Wildman–Crippen LogP) is 4.24. The lowest BCUT2D eigenvalue weighted by Gasteiger charge is -2.26. The number of carboxylic acid groups (broad SMARTS) is 1. The third-order valence-electron chi connectivity index (χ3n) is 3.45. The van der Waals surface area contributed by atoms with Gasteiger partial charge in [-0.05, 0) is 19.5 Å². The minimum Gasteiger partial charge on any atom is -0.481 e. The van der Waals surface area contributed by atoms with Gasteiger partial charge in [0, 0.05) is 27.5 Å². The number of carboxylic acids is 1. The number of nitrogens with zero attached hydrogens (tertiary/aromatic N) is 1. The molecular formula is C15H18ClNO2S. The van der Waals surface area contributed by atoms with Gasteiger partial charge in [0.15, 0.2) is 0 Å². The van der Waals surface area contributed by atoms with Crippen LogP contribution in [0.2, 0.25) is 5.02 Å². The SMILES string of the molecule is CCN(Cc1sc2ccccc2c1Cl)C(C)CC(=O)O. The van der Waals surface area contributed by atoms with E-state index in [9.17, 15) is 4.79 Å². The first-order chi connectivity index (χ1) is 9.52. The first-order valence-electron chi connectivity index (χ1n) is 6.64. The Kier molecular flexibility index (Phi) is 5.02. The first kappa shape index (κ1) is 15.3. The van der Waals surface area contributed by atoms with Crippen LogP contribution >= 0.6 is 22.9 Å². The fourth-order valence-electron chi connectivity index (χ4n) is 2.31. The van der Waals surface area contributed by atoms with Crippen LogP contribution < -0.4 is 0 Å². The molecular weight excluding hydrogens is 294 g/mol. The van der Waals surface area contributed by atoms with Gasteiger partial charge in [-0.3, -0.25) is 9.69 Å². The Bertz CT molecular complexity index is 611. The van der Waals surface area contributed by atoms with Gasteiger partial charge in [0.05, 0.1) is 11.4 Å². The van der Waals surface area contributed by atoms with Crippen molar-refractivity contribution in [2.45, 2.75) is 32.9 Å². The monoisotopic (exact) mass is 311 g/mol. The molecule has 1 heterocycles. The van der Waals surface area contributed by atoms with Crippen molar-refractivity contribution in [3.63, 3.8) is 0 Å². The summed E-state index contributed by atoms with van der Waals surface area (Å²) in [6.45, 7) is 5.49. The van der Waals surface area contributed by atoms with Gasteiger partial charge in [0.2, 0.25) is 0 Å². The molecule has 0 spiro atoms. The highest BCUT2D eigenvalue weighted by molar-refractivity contribution is 7.19. The molecule has 3 nitrogen and oxygen atoms in total. The Hall–Kier alpha value is -1.10. The quantitative estimate of drug-likeness (QED) is 0.867. The van der Waals surface area contributed by atoms with Crippen molar-refractivity contribution >= 4 is 39.0 Å². The van der Waals surface area contributed by atoms with Crippen molar-refractivity contribution in [1.82, 2.24) is 4.90 Å². The first-order valence-corrected chi connectivity index (χ1v) is 7.84. The summed E-state index contributed by atoms with van der Waals surface area (Å²) in [5.41, 5.74) is 0. The van der Waals surface area contributed by atoms with E-state index in [2.05, 4.69) is 11.0 Å². The number of carbonyl (C=O) groups is 1. The molecule has 0 fully saturated rings. The van der Waals surface area contributed by atoms with Crippen molar-refractivity contribution in [2.75, 3.05) is 6.54 Å². The van der Waals surface area contributed by atoms with Gasteiger partial charge in [0.1, 0.15) is 0 Å². The van der Waals surface area contributed by atoms with Crippen LogP contribution in [0, 0.1) is 0 Å². The number of thiophene rings is 1. The van der Waals surface area contributed by atoms with Gasteiger partial charge in [0.25, 0.3) is 0 Å². The molecule has 1 unspecified atom stereocenters. The third kappa shape index (κ3) is 3.32. The molecule has 0 aliphatic heterocycles. The summed E-state index contributed by atoms with van der Waals surface area (Å²) >= 11 is 8.12. The van der Waals surface area contributed by atoms with Gasteiger partial charge in [-0.25, -0.2) is 0 Å². The summed E-state index contributed by atoms with van der Waals surface area (Å²) in [5, 5.41) is 10.8. The number of hydrogen-bond acceptors (Lipinski definition) is 3. The van der Waals surface area contributed by atoms with Crippen LogP contribution in [0.1, 0.15) is 25.1 Å². The average Bonchev–Trinajstić information content (AvgIpc) is 2.72. The largest absolute Gasteiger partial charge is 0.481 e. The Morgan fingerprint density at radius 3 is 2.75 bits per heavy atom.